The molecule has 200 valence electrons. The largest absolute Gasteiger partial charge is 0.481 e. The summed E-state index contributed by atoms with van der Waals surface area (Å²) in [7, 11) is 0. The molecule has 3 fully saturated rings. The van der Waals surface area contributed by atoms with Crippen LogP contribution in [0.2, 0.25) is 0 Å². The number of carboxylic acids is 1. The van der Waals surface area contributed by atoms with E-state index in [2.05, 4.69) is 30.9 Å². The molecule has 1 aromatic carbocycles. The molecule has 13 heteroatoms. The molecule has 2 aliphatic heterocycles. The molecular weight excluding hydrogens is 494 g/mol. The van der Waals surface area contributed by atoms with E-state index in [1.54, 1.807) is 10.9 Å². The fourth-order valence-electron chi connectivity index (χ4n) is 5.12. The van der Waals surface area contributed by atoms with Gasteiger partial charge in [-0.25, -0.2) is 19.7 Å². The highest BCUT2D eigenvalue weighted by Gasteiger charge is 2.54. The van der Waals surface area contributed by atoms with Crippen molar-refractivity contribution in [3.63, 3.8) is 0 Å². The molecule has 0 spiro atoms. The van der Waals surface area contributed by atoms with E-state index in [1.165, 1.54) is 6.33 Å². The number of carbonyl (C=O) groups is 2. The number of fused-ring (bicyclic) bond motifs is 2. The lowest BCUT2D eigenvalue weighted by Gasteiger charge is -2.21. The Balaban J connectivity index is 1.23. The summed E-state index contributed by atoms with van der Waals surface area (Å²) in [6.07, 6.45) is 1.32. The van der Waals surface area contributed by atoms with E-state index in [1.807, 2.05) is 37.3 Å². The first-order chi connectivity index (χ1) is 18.5. The molecule has 1 saturated carbocycles. The summed E-state index contributed by atoms with van der Waals surface area (Å²) in [6.45, 7) is 3.36. The Labute approximate surface area is 217 Å². The zero-order valence-corrected chi connectivity index (χ0v) is 20.7. The molecule has 38 heavy (non-hydrogen) atoms. The van der Waals surface area contributed by atoms with Crippen LogP contribution < -0.4 is 16.0 Å². The van der Waals surface area contributed by atoms with E-state index in [-0.39, 0.29) is 35.9 Å². The molecule has 0 radical (unpaired) electrons. The fourth-order valence-corrected chi connectivity index (χ4v) is 5.12. The number of amides is 2. The van der Waals surface area contributed by atoms with E-state index in [0.717, 1.165) is 5.56 Å². The lowest BCUT2D eigenvalue weighted by molar-refractivity contribution is -0.146. The van der Waals surface area contributed by atoms with Gasteiger partial charge in [-0.3, -0.25) is 14.7 Å². The zero-order chi connectivity index (χ0) is 26.2. The molecule has 1 aliphatic carbocycles. The molecular formula is C25H29N7O6. The third-order valence-corrected chi connectivity index (χ3v) is 7.11. The van der Waals surface area contributed by atoms with Gasteiger partial charge in [0.15, 0.2) is 29.5 Å². The first kappa shape index (κ1) is 24.7. The van der Waals surface area contributed by atoms with Crippen LogP contribution in [0, 0.1) is 11.8 Å². The summed E-state index contributed by atoms with van der Waals surface area (Å²) in [5.74, 6) is -0.610. The van der Waals surface area contributed by atoms with Gasteiger partial charge in [0.2, 0.25) is 0 Å². The Morgan fingerprint density at radius 2 is 1.89 bits per heavy atom. The number of nitrogens with zero attached hydrogens (tertiary/aromatic N) is 4. The average molecular weight is 524 g/mol. The maximum Gasteiger partial charge on any atom is 0.320 e. The number of aliphatic carboxylic acids is 1. The predicted molar refractivity (Wildman–Crippen MR) is 133 cm³/mol. The predicted octanol–water partition coefficient (Wildman–Crippen LogP) is 1.66. The molecule has 13 nitrogen and oxygen atoms in total. The van der Waals surface area contributed by atoms with Crippen LogP contribution in [0.3, 0.4) is 0 Å². The van der Waals surface area contributed by atoms with Crippen LogP contribution in [-0.4, -0.2) is 74.6 Å². The zero-order valence-electron chi connectivity index (χ0n) is 20.7. The van der Waals surface area contributed by atoms with E-state index in [0.29, 0.717) is 37.2 Å². The number of ether oxygens (including phenoxy) is 3. The van der Waals surface area contributed by atoms with Gasteiger partial charge in [0.1, 0.15) is 24.6 Å². The van der Waals surface area contributed by atoms with Crippen LogP contribution in [0.5, 0.6) is 0 Å². The van der Waals surface area contributed by atoms with Gasteiger partial charge in [0.05, 0.1) is 12.2 Å². The molecule has 4 heterocycles. The number of hydrogen-bond acceptors (Lipinski definition) is 9. The number of carboxylic acid groups (broad SMARTS) is 1. The third-order valence-electron chi connectivity index (χ3n) is 7.11. The second-order valence-corrected chi connectivity index (χ2v) is 9.64. The number of nitrogens with one attached hydrogen (secondary N) is 3. The minimum absolute atomic E-state index is 0.128. The van der Waals surface area contributed by atoms with Crippen LogP contribution in [0.15, 0.2) is 43.0 Å². The van der Waals surface area contributed by atoms with Gasteiger partial charge < -0.3 is 30.0 Å². The lowest BCUT2D eigenvalue weighted by Crippen LogP contribution is -2.37. The van der Waals surface area contributed by atoms with E-state index in [4.69, 9.17) is 14.2 Å². The number of imidazole rings is 1. The van der Waals surface area contributed by atoms with Crippen molar-refractivity contribution in [2.45, 2.75) is 44.2 Å². The van der Waals surface area contributed by atoms with Crippen molar-refractivity contribution in [1.82, 2.24) is 30.2 Å². The Bertz CT molecular complexity index is 1320. The third kappa shape index (κ3) is 4.69. The number of hydrogen-bond donors (Lipinski definition) is 4. The minimum atomic E-state index is -0.748. The molecule has 0 bridgehead atoms. The fraction of sp³-hybridized carbons (Fsp3) is 0.480. The number of aromatic nitrogens is 4. The average Bonchev–Trinajstić information content (AvgIpc) is 3.21. The lowest BCUT2D eigenvalue weighted by atomic mass is 10.1. The molecule has 2 saturated heterocycles. The first-order valence-corrected chi connectivity index (χ1v) is 12.7. The van der Waals surface area contributed by atoms with Crippen molar-refractivity contribution < 1.29 is 28.9 Å². The van der Waals surface area contributed by atoms with Crippen LogP contribution in [0.4, 0.5) is 10.6 Å². The van der Waals surface area contributed by atoms with Crippen LogP contribution in [0.25, 0.3) is 11.2 Å². The minimum Gasteiger partial charge on any atom is -0.481 e. The Morgan fingerprint density at radius 3 is 2.66 bits per heavy atom. The van der Waals surface area contributed by atoms with E-state index in [9.17, 15) is 14.7 Å². The van der Waals surface area contributed by atoms with Crippen LogP contribution >= 0.6 is 0 Å². The second-order valence-electron chi connectivity index (χ2n) is 9.64. The monoisotopic (exact) mass is 523 g/mol. The second kappa shape index (κ2) is 10.3. The Morgan fingerprint density at radius 1 is 1.08 bits per heavy atom. The van der Waals surface area contributed by atoms with Gasteiger partial charge in [0, 0.05) is 18.7 Å². The number of urea groups is 1. The number of anilines is 1. The van der Waals surface area contributed by atoms with Crippen molar-refractivity contribution in [1.29, 1.82) is 0 Å². The summed E-state index contributed by atoms with van der Waals surface area (Å²) >= 11 is 0. The number of carbonyl (C=O) groups excluding carboxylic acids is 1. The van der Waals surface area contributed by atoms with Crippen molar-refractivity contribution in [2.75, 3.05) is 25.0 Å². The van der Waals surface area contributed by atoms with Gasteiger partial charge in [0.25, 0.3) is 0 Å². The maximum atomic E-state index is 12.1. The van der Waals surface area contributed by atoms with Gasteiger partial charge in [-0.2, -0.15) is 0 Å². The standard InChI is InChI=1S/C25H29N7O6/c1-2-27-25(35)31-20-17-21(29-11-28-20)32(12-30-17)22-19-18(37-24(38-19)13-6-4-3-5-7-13)16(36-22)10-26-9-14-8-15(14)23(33)34/h3-7,11-12,14-16,18-19,22,24,26H,2,8-10H2,1H3,(H,33,34)(H2,27,28,29,31,35)/t14?,15?,16?,18?,19?,22?,24-/m0/s1. The topological polar surface area (TPSA) is 162 Å². The smallest absolute Gasteiger partial charge is 0.320 e. The van der Waals surface area contributed by atoms with Crippen LogP contribution in [-0.2, 0) is 19.0 Å². The Hall–Kier alpha value is -3.65. The first-order valence-electron chi connectivity index (χ1n) is 12.7. The van der Waals surface area contributed by atoms with Crippen molar-refractivity contribution in [2.24, 2.45) is 11.8 Å². The van der Waals surface area contributed by atoms with Crippen molar-refractivity contribution >= 4 is 29.0 Å². The number of benzene rings is 1. The van der Waals surface area contributed by atoms with Gasteiger partial charge in [-0.15, -0.1) is 0 Å². The summed E-state index contributed by atoms with van der Waals surface area (Å²) in [5, 5.41) is 17.9. The molecule has 7 atom stereocenters. The van der Waals surface area contributed by atoms with Gasteiger partial charge in [-0.05, 0) is 25.8 Å². The quantitative estimate of drug-likeness (QED) is 0.324. The highest BCUT2D eigenvalue weighted by Crippen LogP contribution is 2.45. The summed E-state index contributed by atoms with van der Waals surface area (Å²) in [6, 6.07) is 9.32. The number of rotatable bonds is 9. The normalized spacial score (nSPS) is 29.8. The SMILES string of the molecule is CCNC(=O)Nc1ncnc2c1ncn2C1OC(CNCC2CC2C(=O)O)C2O[C@H](c3ccccc3)OC21. The van der Waals surface area contributed by atoms with Crippen LogP contribution in [0.1, 0.15) is 31.4 Å². The molecule has 2 aromatic heterocycles. The van der Waals surface area contributed by atoms with Crippen molar-refractivity contribution in [3.05, 3.63) is 48.5 Å². The summed E-state index contributed by atoms with van der Waals surface area (Å²) in [4.78, 5) is 36.3. The van der Waals surface area contributed by atoms with E-state index < -0.39 is 24.6 Å². The molecule has 4 N–H and O–H groups in total. The summed E-state index contributed by atoms with van der Waals surface area (Å²) < 4.78 is 20.9. The molecule has 6 rings (SSSR count). The maximum absolute atomic E-state index is 12.1. The van der Waals surface area contributed by atoms with E-state index >= 15 is 0 Å². The molecule has 3 aromatic rings. The molecule has 3 aliphatic rings. The van der Waals surface area contributed by atoms with Gasteiger partial charge in [-0.1, -0.05) is 30.3 Å². The van der Waals surface area contributed by atoms with Crippen molar-refractivity contribution in [3.8, 4) is 0 Å². The molecule has 2 amide bonds. The molecule has 6 unspecified atom stereocenters. The van der Waals surface area contributed by atoms with Gasteiger partial charge >= 0.3 is 12.0 Å². The summed E-state index contributed by atoms with van der Waals surface area (Å²) in [5.41, 5.74) is 1.81. The Kier molecular flexibility index (Phi) is 6.66. The highest BCUT2D eigenvalue weighted by atomic mass is 16.8. The highest BCUT2D eigenvalue weighted by molar-refractivity contribution is 5.95.